The Bertz CT molecular complexity index is 19.2. The van der Waals surface area contributed by atoms with Crippen LogP contribution in [0.15, 0.2) is 0 Å². The molecule has 0 aliphatic rings. The number of nitrogens with one attached hydrogen (secondary N) is 1. The molecule has 0 saturated carbocycles. The Hall–Kier alpha value is 1.02. The van der Waals surface area contributed by atoms with E-state index < -0.39 is 0 Å². The third kappa shape index (κ3) is 19.4. The van der Waals surface area contributed by atoms with Gasteiger partial charge in [-0.15, -0.1) is 0 Å². The van der Waals surface area contributed by atoms with Crippen LogP contribution in [0, 0.1) is 0 Å². The smallest absolute Gasteiger partial charge is 0.317 e. The maximum atomic E-state index is 4.67. The Morgan fingerprint density at radius 2 is 1.57 bits per heavy atom. The average Bonchev–Trinajstić information content (AvgIpc) is 1.75. The number of hydrogen-bond acceptors (Lipinski definition) is 1. The molecule has 0 atom stereocenters. The van der Waals surface area contributed by atoms with Gasteiger partial charge in [-0.2, -0.15) is 0 Å². The van der Waals surface area contributed by atoms with Crippen LogP contribution >= 0.6 is 9.07 Å². The van der Waals surface area contributed by atoms with E-state index in [2.05, 4.69) is 28.2 Å². The van der Waals surface area contributed by atoms with E-state index in [1.807, 2.05) is 0 Å². The van der Waals surface area contributed by atoms with E-state index in [1.54, 1.807) is 0 Å². The molecule has 0 spiro atoms. The van der Waals surface area contributed by atoms with Gasteiger partial charge in [-0.1, -0.05) is 13.8 Å². The van der Waals surface area contributed by atoms with Crippen LogP contribution in [0.2, 0.25) is 0 Å². The molecule has 0 aromatic heterocycles. The van der Waals surface area contributed by atoms with Crippen LogP contribution in [0.25, 0.3) is 0 Å². The van der Waals surface area contributed by atoms with Gasteiger partial charge in [0.1, 0.15) is 0 Å². The molecule has 0 aliphatic heterocycles. The van der Waals surface area contributed by atoms with Crippen LogP contribution in [-0.2, 0) is 0 Å². The molecule has 39 valence electrons. The molecule has 0 aliphatic carbocycles. The molecule has 0 amide bonds. The molecular formula is C4H11ClMgN+2. The number of halogens is 1. The first-order chi connectivity index (χ1) is 3.41. The van der Waals surface area contributed by atoms with E-state index in [0.29, 0.717) is 0 Å². The van der Waals surface area contributed by atoms with E-state index in [1.165, 1.54) is 20.6 Å². The highest BCUT2D eigenvalue weighted by molar-refractivity contribution is 6.80. The highest BCUT2D eigenvalue weighted by Crippen LogP contribution is 1.47. The molecule has 1 nitrogen and oxygen atoms in total. The zero-order valence-electron chi connectivity index (χ0n) is 5.00. The van der Waals surface area contributed by atoms with Crippen molar-refractivity contribution in [3.8, 4) is 0 Å². The van der Waals surface area contributed by atoms with Crippen LogP contribution in [0.1, 0.15) is 13.8 Å². The van der Waals surface area contributed by atoms with Gasteiger partial charge in [0.25, 0.3) is 0 Å². The lowest BCUT2D eigenvalue weighted by Crippen LogP contribution is -2.09. The van der Waals surface area contributed by atoms with Crippen molar-refractivity contribution in [2.75, 3.05) is 13.1 Å². The third-order valence-corrected chi connectivity index (χ3v) is 0.500. The van der Waals surface area contributed by atoms with Crippen molar-refractivity contribution < 1.29 is 0 Å². The van der Waals surface area contributed by atoms with Crippen molar-refractivity contribution in [1.29, 1.82) is 0 Å². The molecule has 0 saturated heterocycles. The minimum absolute atomic E-state index is 1.09. The topological polar surface area (TPSA) is 12.0 Å². The first-order valence-corrected chi connectivity index (χ1v) is 4.53. The monoisotopic (exact) mass is 132 g/mol. The summed E-state index contributed by atoms with van der Waals surface area (Å²) in [6.07, 6.45) is 0. The summed E-state index contributed by atoms with van der Waals surface area (Å²) < 4.78 is 0. The maximum Gasteiger partial charge on any atom is 1.59 e. The highest BCUT2D eigenvalue weighted by atomic mass is 35.5. The Morgan fingerprint density at radius 3 is 1.57 bits per heavy atom. The minimum Gasteiger partial charge on any atom is -0.317 e. The fourth-order valence-electron chi connectivity index (χ4n) is 0.250. The molecule has 0 heterocycles. The third-order valence-electron chi connectivity index (χ3n) is 0.500. The van der Waals surface area contributed by atoms with Crippen molar-refractivity contribution in [2.24, 2.45) is 0 Å². The summed E-state index contributed by atoms with van der Waals surface area (Å²) in [4.78, 5) is 0. The molecule has 3 heteroatoms. The predicted octanol–water partition coefficient (Wildman–Crippen LogP) is 0.924. The van der Waals surface area contributed by atoms with Crippen molar-refractivity contribution >= 4 is 29.7 Å². The number of rotatable bonds is 2. The Labute approximate surface area is 62.0 Å². The van der Waals surface area contributed by atoms with Crippen LogP contribution in [0.4, 0.5) is 0 Å². The van der Waals surface area contributed by atoms with Crippen LogP contribution in [0.5, 0.6) is 0 Å². The first-order valence-electron chi connectivity index (χ1n) is 2.39. The standard InChI is InChI=1S/C4H11N.ClH.Mg/c1-3-5-4-2;;/h5H,3-4H2,1-2H3;1H;/q;;+3/p-1. The predicted molar refractivity (Wildman–Crippen MR) is 35.8 cm³/mol. The van der Waals surface area contributed by atoms with Gasteiger partial charge in [0.05, 0.1) is 0 Å². The van der Waals surface area contributed by atoms with Gasteiger partial charge < -0.3 is 5.32 Å². The molecule has 0 fully saturated rings. The molecule has 7 heavy (non-hydrogen) atoms. The van der Waals surface area contributed by atoms with Gasteiger partial charge in [-0.25, -0.2) is 0 Å². The minimum atomic E-state index is 1.09. The van der Waals surface area contributed by atoms with Gasteiger partial charge in [-0.3, -0.25) is 0 Å². The van der Waals surface area contributed by atoms with Gasteiger partial charge in [-0.05, 0) is 13.1 Å². The van der Waals surface area contributed by atoms with Crippen LogP contribution in [-0.4, -0.2) is 33.7 Å². The van der Waals surface area contributed by atoms with E-state index in [0.717, 1.165) is 13.1 Å². The largest absolute Gasteiger partial charge is 1.59 e. The van der Waals surface area contributed by atoms with Gasteiger partial charge in [0.2, 0.25) is 0 Å². The summed E-state index contributed by atoms with van der Waals surface area (Å²) in [6.45, 7) is 6.39. The SMILES string of the molecule is CCNCC.[Mg+2][Cl]. The lowest BCUT2D eigenvalue weighted by Gasteiger charge is -1.86. The van der Waals surface area contributed by atoms with Crippen molar-refractivity contribution in [3.05, 3.63) is 0 Å². The zero-order chi connectivity index (χ0) is 6.12. The second kappa shape index (κ2) is 15.7. The molecular weight excluding hydrogens is 122 g/mol. The highest BCUT2D eigenvalue weighted by Gasteiger charge is 2.16. The fourth-order valence-corrected chi connectivity index (χ4v) is 0.250. The summed E-state index contributed by atoms with van der Waals surface area (Å²) in [7, 11) is 4.67. The van der Waals surface area contributed by atoms with Gasteiger partial charge in [0.15, 0.2) is 0 Å². The van der Waals surface area contributed by atoms with Crippen LogP contribution in [0.3, 0.4) is 0 Å². The summed E-state index contributed by atoms with van der Waals surface area (Å²) >= 11 is 1.33. The average molecular weight is 133 g/mol. The lowest BCUT2D eigenvalue weighted by atomic mass is 10.7. The second-order valence-electron chi connectivity index (χ2n) is 0.957. The molecule has 0 aromatic rings. The van der Waals surface area contributed by atoms with Gasteiger partial charge in [0, 0.05) is 0 Å². The molecule has 0 rings (SSSR count). The van der Waals surface area contributed by atoms with Crippen molar-refractivity contribution in [3.63, 3.8) is 0 Å². The Kier molecular flexibility index (Phi) is 24.5. The fraction of sp³-hybridized carbons (Fsp3) is 1.00. The summed E-state index contributed by atoms with van der Waals surface area (Å²) in [6, 6.07) is 0. The summed E-state index contributed by atoms with van der Waals surface area (Å²) in [5, 5.41) is 3.11. The quantitative estimate of drug-likeness (QED) is 0.552. The summed E-state index contributed by atoms with van der Waals surface area (Å²) in [5.74, 6) is 0. The Morgan fingerprint density at radius 1 is 1.29 bits per heavy atom. The van der Waals surface area contributed by atoms with Crippen LogP contribution < -0.4 is 5.32 Å². The molecule has 0 aromatic carbocycles. The molecule has 1 N–H and O–H groups in total. The normalized spacial score (nSPS) is 6.86. The van der Waals surface area contributed by atoms with E-state index in [-0.39, 0.29) is 0 Å². The lowest BCUT2D eigenvalue weighted by molar-refractivity contribution is 0.762. The second-order valence-corrected chi connectivity index (χ2v) is 0.957. The van der Waals surface area contributed by atoms with Crippen molar-refractivity contribution in [2.45, 2.75) is 13.8 Å². The molecule has 7 radical (unpaired) electrons. The molecule has 0 bridgehead atoms. The first kappa shape index (κ1) is 10.9. The Balaban J connectivity index is 0. The van der Waals surface area contributed by atoms with E-state index in [9.17, 15) is 0 Å². The maximum absolute atomic E-state index is 4.67. The molecule has 0 unspecified atom stereocenters. The zero-order valence-corrected chi connectivity index (χ0v) is 7.17. The van der Waals surface area contributed by atoms with Crippen molar-refractivity contribution in [1.82, 2.24) is 5.32 Å². The summed E-state index contributed by atoms with van der Waals surface area (Å²) in [5.41, 5.74) is 0. The van der Waals surface area contributed by atoms with E-state index in [4.69, 9.17) is 0 Å². The van der Waals surface area contributed by atoms with E-state index >= 15 is 0 Å². The number of hydrogen-bond donors (Lipinski definition) is 1. The van der Waals surface area contributed by atoms with Gasteiger partial charge >= 0.3 is 29.7 Å².